The van der Waals surface area contributed by atoms with Gasteiger partial charge in [-0.2, -0.15) is 0 Å². The Morgan fingerprint density at radius 2 is 2.04 bits per heavy atom. The van der Waals surface area contributed by atoms with Crippen LogP contribution in [-0.2, 0) is 4.79 Å². The molecular weight excluding hydrogens is 312 g/mol. The van der Waals surface area contributed by atoms with Gasteiger partial charge in [-0.3, -0.25) is 4.79 Å². The minimum absolute atomic E-state index is 0.0231. The van der Waals surface area contributed by atoms with Gasteiger partial charge in [-0.1, -0.05) is 17.4 Å². The second-order valence-corrected chi connectivity index (χ2v) is 5.91. The fraction of sp³-hybridized carbons (Fsp3) is 0.294. The zero-order chi connectivity index (χ0) is 16.7. The average molecular weight is 332 g/mol. The molecule has 0 aliphatic rings. The van der Waals surface area contributed by atoms with Gasteiger partial charge in [0.25, 0.3) is 5.19 Å². The smallest absolute Gasteiger partial charge is 0.279 e. The lowest BCUT2D eigenvalue weighted by Gasteiger charge is -2.05. The molecule has 0 aliphatic heterocycles. The lowest BCUT2D eigenvalue weighted by Crippen LogP contribution is -2.28. The molecule has 0 bridgehead atoms. The van der Waals surface area contributed by atoms with Crippen LogP contribution in [-0.4, -0.2) is 23.5 Å². The molecular formula is C17H20N2O3S. The number of hydrogen-bond donors (Lipinski definition) is 1. The van der Waals surface area contributed by atoms with E-state index in [1.165, 1.54) is 18.3 Å². The largest absolute Gasteiger partial charge is 0.494 e. The highest BCUT2D eigenvalue weighted by molar-refractivity contribution is 7.14. The number of aromatic nitrogens is 1. The van der Waals surface area contributed by atoms with Crippen molar-refractivity contribution >= 4 is 23.3 Å². The summed E-state index contributed by atoms with van der Waals surface area (Å²) in [5.41, 5.74) is 0. The third-order valence-electron chi connectivity index (χ3n) is 2.82. The van der Waals surface area contributed by atoms with Crippen molar-refractivity contribution in [3.05, 3.63) is 41.4 Å². The van der Waals surface area contributed by atoms with E-state index in [4.69, 9.17) is 9.47 Å². The van der Waals surface area contributed by atoms with Gasteiger partial charge >= 0.3 is 0 Å². The SMILES string of the molecule is CCOc1ccc(Oc2ncc(C=C[C@H](C)NC(C)=O)s2)cc1. The molecule has 2 rings (SSSR count). The molecule has 1 aromatic heterocycles. The number of carbonyl (C=O) groups is 1. The standard InChI is InChI=1S/C17H20N2O3S/c1-4-21-14-6-8-15(9-7-14)22-17-18-11-16(23-17)10-5-12(2)19-13(3)20/h5-12H,4H2,1-3H3,(H,19,20)/t12-/m0/s1. The van der Waals surface area contributed by atoms with E-state index in [1.807, 2.05) is 50.3 Å². The monoisotopic (exact) mass is 332 g/mol. The van der Waals surface area contributed by atoms with Crippen LogP contribution in [0.15, 0.2) is 36.5 Å². The zero-order valence-electron chi connectivity index (χ0n) is 13.4. The maximum atomic E-state index is 11.0. The molecule has 23 heavy (non-hydrogen) atoms. The van der Waals surface area contributed by atoms with Crippen molar-refractivity contribution in [1.29, 1.82) is 0 Å². The van der Waals surface area contributed by atoms with Crippen molar-refractivity contribution in [2.75, 3.05) is 6.61 Å². The van der Waals surface area contributed by atoms with Crippen LogP contribution in [0.4, 0.5) is 0 Å². The number of nitrogens with zero attached hydrogens (tertiary/aromatic N) is 1. The summed E-state index contributed by atoms with van der Waals surface area (Å²) in [4.78, 5) is 16.2. The summed E-state index contributed by atoms with van der Waals surface area (Å²) in [6, 6.07) is 7.40. The summed E-state index contributed by atoms with van der Waals surface area (Å²) in [6.45, 7) is 6.00. The van der Waals surface area contributed by atoms with Gasteiger partial charge in [0.2, 0.25) is 5.91 Å². The number of amides is 1. The quantitative estimate of drug-likeness (QED) is 0.836. The molecule has 0 saturated heterocycles. The van der Waals surface area contributed by atoms with E-state index in [0.29, 0.717) is 17.6 Å². The van der Waals surface area contributed by atoms with Crippen LogP contribution in [0.1, 0.15) is 25.6 Å². The molecule has 0 unspecified atom stereocenters. The van der Waals surface area contributed by atoms with Gasteiger partial charge < -0.3 is 14.8 Å². The van der Waals surface area contributed by atoms with Gasteiger partial charge in [0.15, 0.2) is 0 Å². The number of nitrogens with one attached hydrogen (secondary N) is 1. The zero-order valence-corrected chi connectivity index (χ0v) is 14.2. The van der Waals surface area contributed by atoms with Crippen LogP contribution in [0.25, 0.3) is 6.08 Å². The van der Waals surface area contributed by atoms with Crippen molar-refractivity contribution in [3.63, 3.8) is 0 Å². The Bertz CT molecular complexity index is 665. The molecule has 5 nitrogen and oxygen atoms in total. The van der Waals surface area contributed by atoms with Crippen molar-refractivity contribution in [2.45, 2.75) is 26.8 Å². The average Bonchev–Trinajstić information content (AvgIpc) is 2.94. The lowest BCUT2D eigenvalue weighted by atomic mass is 10.3. The van der Waals surface area contributed by atoms with Gasteiger partial charge in [0.1, 0.15) is 11.5 Å². The highest BCUT2D eigenvalue weighted by Gasteiger charge is 2.04. The number of carbonyl (C=O) groups excluding carboxylic acids is 1. The summed E-state index contributed by atoms with van der Waals surface area (Å²) >= 11 is 1.44. The fourth-order valence-corrected chi connectivity index (χ4v) is 2.57. The molecule has 1 atom stereocenters. The molecule has 0 fully saturated rings. The molecule has 0 saturated carbocycles. The highest BCUT2D eigenvalue weighted by atomic mass is 32.1. The fourth-order valence-electron chi connectivity index (χ4n) is 1.87. The van der Waals surface area contributed by atoms with Crippen molar-refractivity contribution in [1.82, 2.24) is 10.3 Å². The summed E-state index contributed by atoms with van der Waals surface area (Å²) in [5.74, 6) is 1.48. The molecule has 1 N–H and O–H groups in total. The van der Waals surface area contributed by atoms with E-state index in [-0.39, 0.29) is 11.9 Å². The van der Waals surface area contributed by atoms with Gasteiger partial charge in [-0.05, 0) is 44.2 Å². The number of rotatable bonds is 7. The normalized spacial score (nSPS) is 12.1. The molecule has 6 heteroatoms. The van der Waals surface area contributed by atoms with Gasteiger partial charge in [0.05, 0.1) is 11.5 Å². The minimum Gasteiger partial charge on any atom is -0.494 e. The second kappa shape index (κ2) is 8.33. The molecule has 1 aromatic carbocycles. The number of ether oxygens (including phenoxy) is 2. The number of thiazole rings is 1. The summed E-state index contributed by atoms with van der Waals surface area (Å²) in [7, 11) is 0. The first kappa shape index (κ1) is 17.0. The Hall–Kier alpha value is -2.34. The molecule has 0 radical (unpaired) electrons. The van der Waals surface area contributed by atoms with Crippen LogP contribution in [0, 0.1) is 0 Å². The minimum atomic E-state index is -0.0500. The Kier molecular flexibility index (Phi) is 6.17. The summed E-state index contributed by atoms with van der Waals surface area (Å²) < 4.78 is 11.1. The lowest BCUT2D eigenvalue weighted by molar-refractivity contribution is -0.119. The Balaban J connectivity index is 1.94. The maximum absolute atomic E-state index is 11.0. The van der Waals surface area contributed by atoms with Crippen molar-refractivity contribution < 1.29 is 14.3 Å². The van der Waals surface area contributed by atoms with Gasteiger partial charge in [0, 0.05) is 19.2 Å². The Morgan fingerprint density at radius 3 is 2.70 bits per heavy atom. The number of benzene rings is 1. The Labute approximate surface area is 140 Å². The third-order valence-corrected chi connectivity index (χ3v) is 3.66. The van der Waals surface area contributed by atoms with Crippen LogP contribution in [0.5, 0.6) is 16.7 Å². The van der Waals surface area contributed by atoms with Crippen LogP contribution >= 0.6 is 11.3 Å². The van der Waals surface area contributed by atoms with E-state index >= 15 is 0 Å². The summed E-state index contributed by atoms with van der Waals surface area (Å²) in [5, 5.41) is 3.36. The van der Waals surface area contributed by atoms with E-state index in [2.05, 4.69) is 10.3 Å². The van der Waals surface area contributed by atoms with Crippen molar-refractivity contribution in [3.8, 4) is 16.7 Å². The first-order valence-electron chi connectivity index (χ1n) is 7.38. The van der Waals surface area contributed by atoms with Gasteiger partial charge in [-0.15, -0.1) is 0 Å². The molecule has 0 aliphatic carbocycles. The van der Waals surface area contributed by atoms with Gasteiger partial charge in [-0.25, -0.2) is 4.98 Å². The molecule has 122 valence electrons. The first-order valence-corrected chi connectivity index (χ1v) is 8.20. The molecule has 1 heterocycles. The van der Waals surface area contributed by atoms with Crippen LogP contribution < -0.4 is 14.8 Å². The molecule has 1 amide bonds. The molecule has 2 aromatic rings. The topological polar surface area (TPSA) is 60.5 Å². The third kappa shape index (κ3) is 5.75. The van der Waals surface area contributed by atoms with E-state index < -0.39 is 0 Å². The summed E-state index contributed by atoms with van der Waals surface area (Å²) in [6.07, 6.45) is 5.57. The van der Waals surface area contributed by atoms with E-state index in [1.54, 1.807) is 6.20 Å². The predicted molar refractivity (Wildman–Crippen MR) is 92.1 cm³/mol. The first-order chi connectivity index (χ1) is 11.1. The second-order valence-electron chi connectivity index (χ2n) is 4.88. The molecule has 0 spiro atoms. The van der Waals surface area contributed by atoms with Crippen LogP contribution in [0.3, 0.4) is 0 Å². The van der Waals surface area contributed by atoms with E-state index in [9.17, 15) is 4.79 Å². The number of hydrogen-bond acceptors (Lipinski definition) is 5. The predicted octanol–water partition coefficient (Wildman–Crippen LogP) is 3.87. The van der Waals surface area contributed by atoms with Crippen molar-refractivity contribution in [2.24, 2.45) is 0 Å². The Morgan fingerprint density at radius 1 is 1.35 bits per heavy atom. The van der Waals surface area contributed by atoms with Crippen LogP contribution in [0.2, 0.25) is 0 Å². The van der Waals surface area contributed by atoms with E-state index in [0.717, 1.165) is 10.6 Å². The highest BCUT2D eigenvalue weighted by Crippen LogP contribution is 2.28. The maximum Gasteiger partial charge on any atom is 0.279 e.